The van der Waals surface area contributed by atoms with Gasteiger partial charge in [-0.1, -0.05) is 4.49 Å². The quantitative estimate of drug-likeness (QED) is 0.603. The van der Waals surface area contributed by atoms with Crippen LogP contribution in [0.3, 0.4) is 0 Å². The number of nitrogens with one attached hydrogen (secondary N) is 1. The number of rotatable bonds is 4. The fraction of sp³-hybridized carbons (Fsp3) is 0.625. The number of hydrogen-bond acceptors (Lipinski definition) is 5. The molecule has 0 bridgehead atoms. The van der Waals surface area contributed by atoms with E-state index >= 15 is 0 Å². The molecule has 0 radical (unpaired) electrons. The molecule has 1 atom stereocenters. The Morgan fingerprint density at radius 1 is 1.64 bits per heavy atom. The number of aromatic nitrogens is 2. The largest absolute Gasteiger partial charge is 0.347 e. The molecule has 1 aromatic rings. The highest BCUT2D eigenvalue weighted by molar-refractivity contribution is 7.03. The van der Waals surface area contributed by atoms with Crippen molar-refractivity contribution < 1.29 is 9.53 Å². The Hall–Kier alpha value is -1.01. The minimum atomic E-state index is -0.522. The van der Waals surface area contributed by atoms with E-state index in [1.165, 1.54) is 11.5 Å². The first-order chi connectivity index (χ1) is 6.53. The van der Waals surface area contributed by atoms with Gasteiger partial charge in [-0.25, -0.2) is 0 Å². The fourth-order valence-corrected chi connectivity index (χ4v) is 1.35. The van der Waals surface area contributed by atoms with E-state index in [0.717, 1.165) is 0 Å². The SMILES string of the molecule is CC(C)(C)OC(NC=O)c1csnn1. The maximum absolute atomic E-state index is 10.4. The summed E-state index contributed by atoms with van der Waals surface area (Å²) in [5, 5.41) is 8.13. The van der Waals surface area contributed by atoms with E-state index in [4.69, 9.17) is 4.74 Å². The van der Waals surface area contributed by atoms with E-state index in [2.05, 4.69) is 14.9 Å². The number of nitrogens with zero attached hydrogens (tertiary/aromatic N) is 2. The van der Waals surface area contributed by atoms with Crippen LogP contribution in [0.2, 0.25) is 0 Å². The summed E-state index contributed by atoms with van der Waals surface area (Å²) in [6.07, 6.45) is 0.0710. The maximum Gasteiger partial charge on any atom is 0.209 e. The van der Waals surface area contributed by atoms with Crippen molar-refractivity contribution in [3.05, 3.63) is 11.1 Å². The van der Waals surface area contributed by atoms with Crippen molar-refractivity contribution in [2.24, 2.45) is 0 Å². The van der Waals surface area contributed by atoms with Crippen LogP contribution < -0.4 is 5.32 Å². The van der Waals surface area contributed by atoms with Gasteiger partial charge in [0.05, 0.1) is 5.60 Å². The summed E-state index contributed by atoms with van der Waals surface area (Å²) in [4.78, 5) is 10.4. The molecule has 0 aliphatic carbocycles. The van der Waals surface area contributed by atoms with Crippen LogP contribution in [0.4, 0.5) is 0 Å². The molecule has 0 aromatic carbocycles. The minimum absolute atomic E-state index is 0.343. The zero-order chi connectivity index (χ0) is 10.6. The molecule has 1 amide bonds. The molecule has 1 unspecified atom stereocenters. The van der Waals surface area contributed by atoms with Gasteiger partial charge in [0.1, 0.15) is 5.69 Å². The van der Waals surface area contributed by atoms with Crippen molar-refractivity contribution in [2.45, 2.75) is 32.6 Å². The van der Waals surface area contributed by atoms with Crippen molar-refractivity contribution in [2.75, 3.05) is 0 Å². The monoisotopic (exact) mass is 215 g/mol. The molecule has 1 heterocycles. The molecular formula is C8H13N3O2S. The summed E-state index contributed by atoms with van der Waals surface area (Å²) in [6, 6.07) is 0. The predicted molar refractivity (Wildman–Crippen MR) is 52.7 cm³/mol. The standard InChI is InChI=1S/C8H13N3O2S/c1-8(2,3)13-7(9-5-12)6-4-14-11-10-6/h4-5,7H,1-3H3,(H,9,12). The molecule has 0 aliphatic rings. The third kappa shape index (κ3) is 3.39. The summed E-state index contributed by atoms with van der Waals surface area (Å²) >= 11 is 1.22. The highest BCUT2D eigenvalue weighted by Gasteiger charge is 2.21. The van der Waals surface area contributed by atoms with Gasteiger partial charge in [-0.15, -0.1) is 5.10 Å². The molecular weight excluding hydrogens is 202 g/mol. The number of carbonyl (C=O) groups is 1. The van der Waals surface area contributed by atoms with Crippen LogP contribution in [0.1, 0.15) is 32.7 Å². The second-order valence-corrected chi connectivity index (χ2v) is 4.33. The number of amides is 1. The lowest BCUT2D eigenvalue weighted by atomic mass is 10.2. The fourth-order valence-electron chi connectivity index (χ4n) is 0.881. The van der Waals surface area contributed by atoms with E-state index < -0.39 is 6.23 Å². The van der Waals surface area contributed by atoms with Crippen molar-refractivity contribution in [1.82, 2.24) is 14.9 Å². The molecule has 0 saturated carbocycles. The Bertz CT molecular complexity index is 281. The molecule has 1 N–H and O–H groups in total. The van der Waals surface area contributed by atoms with E-state index in [0.29, 0.717) is 12.1 Å². The average molecular weight is 215 g/mol. The molecule has 0 saturated heterocycles. The first kappa shape index (κ1) is 11.1. The van der Waals surface area contributed by atoms with Gasteiger partial charge in [0.15, 0.2) is 6.23 Å². The normalized spacial score (nSPS) is 13.6. The summed E-state index contributed by atoms with van der Waals surface area (Å²) in [7, 11) is 0. The van der Waals surface area contributed by atoms with Gasteiger partial charge in [0.25, 0.3) is 0 Å². The topological polar surface area (TPSA) is 64.1 Å². The van der Waals surface area contributed by atoms with Gasteiger partial charge < -0.3 is 10.1 Å². The van der Waals surface area contributed by atoms with Crippen LogP contribution >= 0.6 is 11.5 Å². The van der Waals surface area contributed by atoms with Crippen LogP contribution in [0, 0.1) is 0 Å². The Kier molecular flexibility index (Phi) is 3.54. The Labute approximate surface area is 86.6 Å². The van der Waals surface area contributed by atoms with Crippen LogP contribution in [-0.2, 0) is 9.53 Å². The molecule has 0 fully saturated rings. The predicted octanol–water partition coefficient (Wildman–Crippen LogP) is 1.10. The molecule has 0 aliphatic heterocycles. The van der Waals surface area contributed by atoms with Crippen molar-refractivity contribution >= 4 is 17.9 Å². The first-order valence-electron chi connectivity index (χ1n) is 4.17. The van der Waals surface area contributed by atoms with Gasteiger partial charge in [-0.05, 0) is 32.3 Å². The molecule has 78 valence electrons. The Balaban J connectivity index is 2.70. The van der Waals surface area contributed by atoms with Crippen molar-refractivity contribution in [1.29, 1.82) is 0 Å². The summed E-state index contributed by atoms with van der Waals surface area (Å²) in [5.41, 5.74) is 0.279. The molecule has 14 heavy (non-hydrogen) atoms. The van der Waals surface area contributed by atoms with Gasteiger partial charge in [-0.3, -0.25) is 4.79 Å². The average Bonchev–Trinajstić information content (AvgIpc) is 2.52. The van der Waals surface area contributed by atoms with Crippen molar-refractivity contribution in [3.8, 4) is 0 Å². The lowest BCUT2D eigenvalue weighted by molar-refractivity contribution is -0.120. The van der Waals surface area contributed by atoms with Gasteiger partial charge in [0.2, 0.25) is 6.41 Å². The van der Waals surface area contributed by atoms with Crippen LogP contribution in [-0.4, -0.2) is 21.6 Å². The van der Waals surface area contributed by atoms with Gasteiger partial charge in [-0.2, -0.15) is 0 Å². The highest BCUT2D eigenvalue weighted by atomic mass is 32.1. The molecule has 5 nitrogen and oxygen atoms in total. The van der Waals surface area contributed by atoms with E-state index in [1.54, 1.807) is 5.38 Å². The summed E-state index contributed by atoms with van der Waals surface area (Å²) in [6.45, 7) is 5.73. The minimum Gasteiger partial charge on any atom is -0.347 e. The maximum atomic E-state index is 10.4. The summed E-state index contributed by atoms with van der Waals surface area (Å²) < 4.78 is 9.30. The van der Waals surface area contributed by atoms with E-state index in [-0.39, 0.29) is 5.60 Å². The number of hydrogen-bond donors (Lipinski definition) is 1. The van der Waals surface area contributed by atoms with Gasteiger partial charge in [0, 0.05) is 5.38 Å². The van der Waals surface area contributed by atoms with Crippen LogP contribution in [0.25, 0.3) is 0 Å². The summed E-state index contributed by atoms with van der Waals surface area (Å²) in [5.74, 6) is 0. The molecule has 0 spiro atoms. The third-order valence-corrected chi connectivity index (χ3v) is 1.86. The van der Waals surface area contributed by atoms with Crippen molar-refractivity contribution in [3.63, 3.8) is 0 Å². The number of ether oxygens (including phenoxy) is 1. The van der Waals surface area contributed by atoms with Crippen LogP contribution in [0.15, 0.2) is 5.38 Å². The van der Waals surface area contributed by atoms with E-state index in [9.17, 15) is 4.79 Å². The molecule has 6 heteroatoms. The Morgan fingerprint density at radius 3 is 2.79 bits per heavy atom. The molecule has 1 rings (SSSR count). The lowest BCUT2D eigenvalue weighted by Gasteiger charge is -2.25. The zero-order valence-corrected chi connectivity index (χ0v) is 9.17. The van der Waals surface area contributed by atoms with E-state index in [1.807, 2.05) is 20.8 Å². The second-order valence-electron chi connectivity index (χ2n) is 3.72. The second kappa shape index (κ2) is 4.47. The number of carbonyl (C=O) groups excluding carboxylic acids is 1. The molecule has 1 aromatic heterocycles. The van der Waals surface area contributed by atoms with Crippen LogP contribution in [0.5, 0.6) is 0 Å². The zero-order valence-electron chi connectivity index (χ0n) is 8.35. The first-order valence-corrected chi connectivity index (χ1v) is 5.01. The third-order valence-electron chi connectivity index (χ3n) is 1.34. The van der Waals surface area contributed by atoms with Gasteiger partial charge >= 0.3 is 0 Å². The highest BCUT2D eigenvalue weighted by Crippen LogP contribution is 2.20. The lowest BCUT2D eigenvalue weighted by Crippen LogP contribution is -2.31. The Morgan fingerprint density at radius 2 is 2.36 bits per heavy atom. The smallest absolute Gasteiger partial charge is 0.209 e.